The third-order valence-electron chi connectivity index (χ3n) is 2.80. The molecule has 1 aromatic rings. The molecule has 1 atom stereocenters. The molecule has 17 heavy (non-hydrogen) atoms. The van der Waals surface area contributed by atoms with Crippen molar-refractivity contribution in [1.82, 2.24) is 4.90 Å². The maximum absolute atomic E-state index is 11.1. The van der Waals surface area contributed by atoms with Gasteiger partial charge in [-0.1, -0.05) is 6.07 Å². The molecular formula is C13H17NO3. The molecule has 2 rings (SSSR count). The number of benzene rings is 1. The lowest BCUT2D eigenvalue weighted by molar-refractivity contribution is -0.111. The van der Waals surface area contributed by atoms with Crippen LogP contribution in [0.15, 0.2) is 18.2 Å². The minimum atomic E-state index is -0.243. The molecule has 1 aliphatic rings. The van der Waals surface area contributed by atoms with Gasteiger partial charge >= 0.3 is 0 Å². The first-order valence-corrected chi connectivity index (χ1v) is 5.73. The molecule has 0 fully saturated rings. The average Bonchev–Trinajstić information content (AvgIpc) is 2.54. The third kappa shape index (κ3) is 2.58. The summed E-state index contributed by atoms with van der Waals surface area (Å²) in [6.07, 6.45) is 1.81. The molecule has 1 heterocycles. The van der Waals surface area contributed by atoms with Crippen molar-refractivity contribution in [1.29, 1.82) is 0 Å². The third-order valence-corrected chi connectivity index (χ3v) is 2.80. The van der Waals surface area contributed by atoms with Crippen molar-refractivity contribution in [2.24, 2.45) is 0 Å². The van der Waals surface area contributed by atoms with E-state index in [1.165, 1.54) is 0 Å². The van der Waals surface area contributed by atoms with Crippen molar-refractivity contribution in [3.8, 4) is 11.5 Å². The lowest BCUT2D eigenvalue weighted by atomic mass is 10.1. The predicted octanol–water partition coefficient (Wildman–Crippen LogP) is 1.65. The lowest BCUT2D eigenvalue weighted by Crippen LogP contribution is -2.21. The van der Waals surface area contributed by atoms with Gasteiger partial charge in [-0.2, -0.15) is 0 Å². The Morgan fingerprint density at radius 2 is 1.94 bits per heavy atom. The van der Waals surface area contributed by atoms with E-state index in [1.807, 2.05) is 37.2 Å². The van der Waals surface area contributed by atoms with Crippen molar-refractivity contribution in [2.45, 2.75) is 12.5 Å². The molecule has 0 aliphatic carbocycles. The highest BCUT2D eigenvalue weighted by molar-refractivity contribution is 5.62. The molecule has 1 aliphatic heterocycles. The fourth-order valence-corrected chi connectivity index (χ4v) is 1.86. The van der Waals surface area contributed by atoms with E-state index >= 15 is 0 Å². The molecule has 1 aromatic carbocycles. The highest BCUT2D eigenvalue weighted by Crippen LogP contribution is 2.32. The second kappa shape index (κ2) is 5.19. The van der Waals surface area contributed by atoms with E-state index in [1.54, 1.807) is 0 Å². The highest BCUT2D eigenvalue weighted by atomic mass is 16.5. The van der Waals surface area contributed by atoms with Crippen molar-refractivity contribution < 1.29 is 14.3 Å². The molecule has 4 nitrogen and oxygen atoms in total. The Morgan fingerprint density at radius 3 is 2.59 bits per heavy atom. The Balaban J connectivity index is 2.31. The molecule has 1 unspecified atom stereocenters. The van der Waals surface area contributed by atoms with E-state index in [-0.39, 0.29) is 6.04 Å². The van der Waals surface area contributed by atoms with E-state index < -0.39 is 0 Å². The van der Waals surface area contributed by atoms with Gasteiger partial charge in [0.15, 0.2) is 11.5 Å². The molecule has 0 saturated carbocycles. The molecule has 0 spiro atoms. The SMILES string of the molecule is CN(C)C(C=O)c1ccc2c(c1)OCCCO2. The van der Waals surface area contributed by atoms with Crippen molar-refractivity contribution >= 4 is 6.29 Å². The summed E-state index contributed by atoms with van der Waals surface area (Å²) in [7, 11) is 3.75. The second-order valence-electron chi connectivity index (χ2n) is 4.30. The zero-order valence-electron chi connectivity index (χ0n) is 10.2. The topological polar surface area (TPSA) is 38.8 Å². The molecule has 0 radical (unpaired) electrons. The first-order valence-electron chi connectivity index (χ1n) is 5.73. The number of fused-ring (bicyclic) bond motifs is 1. The Morgan fingerprint density at radius 1 is 1.24 bits per heavy atom. The quantitative estimate of drug-likeness (QED) is 0.747. The predicted molar refractivity (Wildman–Crippen MR) is 64.5 cm³/mol. The van der Waals surface area contributed by atoms with Gasteiger partial charge in [0.25, 0.3) is 0 Å². The van der Waals surface area contributed by atoms with E-state index in [0.29, 0.717) is 13.2 Å². The molecule has 0 N–H and O–H groups in total. The molecule has 92 valence electrons. The number of hydrogen-bond donors (Lipinski definition) is 0. The van der Waals surface area contributed by atoms with Gasteiger partial charge in [0.1, 0.15) is 6.29 Å². The van der Waals surface area contributed by atoms with Gasteiger partial charge in [-0.05, 0) is 31.8 Å². The van der Waals surface area contributed by atoms with E-state index in [0.717, 1.165) is 29.8 Å². The summed E-state index contributed by atoms with van der Waals surface area (Å²) in [4.78, 5) is 12.9. The maximum atomic E-state index is 11.1. The van der Waals surface area contributed by atoms with Gasteiger partial charge in [0.05, 0.1) is 19.3 Å². The van der Waals surface area contributed by atoms with Crippen LogP contribution < -0.4 is 9.47 Å². The number of hydrogen-bond acceptors (Lipinski definition) is 4. The Labute approximate surface area is 101 Å². The number of carbonyl (C=O) groups excluding carboxylic acids is 1. The van der Waals surface area contributed by atoms with Crippen LogP contribution in [0.2, 0.25) is 0 Å². The Hall–Kier alpha value is -1.55. The van der Waals surface area contributed by atoms with Gasteiger partial charge in [0.2, 0.25) is 0 Å². The zero-order chi connectivity index (χ0) is 12.3. The Kier molecular flexibility index (Phi) is 3.64. The number of nitrogens with zero attached hydrogens (tertiary/aromatic N) is 1. The molecule has 0 bridgehead atoms. The zero-order valence-corrected chi connectivity index (χ0v) is 10.2. The Bertz CT molecular complexity index is 404. The molecule has 0 aromatic heterocycles. The smallest absolute Gasteiger partial charge is 0.161 e. The lowest BCUT2D eigenvalue weighted by Gasteiger charge is -2.19. The van der Waals surface area contributed by atoms with Crippen molar-refractivity contribution in [3.05, 3.63) is 23.8 Å². The number of likely N-dealkylation sites (N-methyl/N-ethyl adjacent to an activating group) is 1. The van der Waals surface area contributed by atoms with E-state index in [4.69, 9.17) is 9.47 Å². The largest absolute Gasteiger partial charge is 0.490 e. The van der Waals surface area contributed by atoms with Crippen LogP contribution in [0.1, 0.15) is 18.0 Å². The summed E-state index contributed by atoms with van der Waals surface area (Å²) >= 11 is 0. The van der Waals surface area contributed by atoms with Crippen LogP contribution in [0.25, 0.3) is 0 Å². The summed E-state index contributed by atoms with van der Waals surface area (Å²) in [5.74, 6) is 1.49. The van der Waals surface area contributed by atoms with Crippen LogP contribution in [0.4, 0.5) is 0 Å². The van der Waals surface area contributed by atoms with Crippen molar-refractivity contribution in [2.75, 3.05) is 27.3 Å². The molecule has 0 amide bonds. The fraction of sp³-hybridized carbons (Fsp3) is 0.462. The molecule has 4 heteroatoms. The summed E-state index contributed by atoms with van der Waals surface area (Å²) < 4.78 is 11.2. The normalized spacial score (nSPS) is 16.4. The maximum Gasteiger partial charge on any atom is 0.161 e. The summed E-state index contributed by atoms with van der Waals surface area (Å²) in [5, 5.41) is 0. The highest BCUT2D eigenvalue weighted by Gasteiger charge is 2.17. The minimum Gasteiger partial charge on any atom is -0.490 e. The van der Waals surface area contributed by atoms with E-state index in [9.17, 15) is 4.79 Å². The van der Waals surface area contributed by atoms with E-state index in [2.05, 4.69) is 0 Å². The number of aldehydes is 1. The van der Waals surface area contributed by atoms with Gasteiger partial charge in [0, 0.05) is 6.42 Å². The summed E-state index contributed by atoms with van der Waals surface area (Å²) in [6, 6.07) is 5.43. The van der Waals surface area contributed by atoms with Crippen LogP contribution in [-0.2, 0) is 4.79 Å². The van der Waals surface area contributed by atoms with Crippen LogP contribution in [0, 0.1) is 0 Å². The fourth-order valence-electron chi connectivity index (χ4n) is 1.86. The standard InChI is InChI=1S/C13H17NO3/c1-14(2)11(9-15)10-4-5-12-13(8-10)17-7-3-6-16-12/h4-5,8-9,11H,3,6-7H2,1-2H3. The van der Waals surface area contributed by atoms with Gasteiger partial charge < -0.3 is 14.3 Å². The monoisotopic (exact) mass is 235 g/mol. The average molecular weight is 235 g/mol. The van der Waals surface area contributed by atoms with Gasteiger partial charge in [-0.25, -0.2) is 0 Å². The summed E-state index contributed by atoms with van der Waals surface area (Å²) in [6.45, 7) is 1.33. The molecule has 0 saturated heterocycles. The minimum absolute atomic E-state index is 0.243. The number of carbonyl (C=O) groups is 1. The number of ether oxygens (including phenoxy) is 2. The van der Waals surface area contributed by atoms with Crippen molar-refractivity contribution in [3.63, 3.8) is 0 Å². The van der Waals surface area contributed by atoms with Crippen LogP contribution >= 0.6 is 0 Å². The second-order valence-corrected chi connectivity index (χ2v) is 4.30. The van der Waals surface area contributed by atoms with Crippen LogP contribution in [-0.4, -0.2) is 38.5 Å². The first-order chi connectivity index (χ1) is 8.22. The van der Waals surface area contributed by atoms with Gasteiger partial charge in [-0.15, -0.1) is 0 Å². The first kappa shape index (κ1) is 11.9. The van der Waals surface area contributed by atoms with Crippen LogP contribution in [0.5, 0.6) is 11.5 Å². The van der Waals surface area contributed by atoms with Crippen LogP contribution in [0.3, 0.4) is 0 Å². The molecular weight excluding hydrogens is 218 g/mol. The summed E-state index contributed by atoms with van der Waals surface area (Å²) in [5.41, 5.74) is 0.925. The number of rotatable bonds is 3. The van der Waals surface area contributed by atoms with Gasteiger partial charge in [-0.3, -0.25) is 4.90 Å².